The molecule has 0 heterocycles. The fourth-order valence-corrected chi connectivity index (χ4v) is 2.38. The molecule has 4 nitrogen and oxygen atoms in total. The molecule has 2 rings (SSSR count). The van der Waals surface area contributed by atoms with Crippen molar-refractivity contribution in [3.63, 3.8) is 0 Å². The summed E-state index contributed by atoms with van der Waals surface area (Å²) in [5, 5.41) is 18.0. The minimum absolute atomic E-state index is 0.0844. The van der Waals surface area contributed by atoms with Gasteiger partial charge in [-0.1, -0.05) is 0 Å². The van der Waals surface area contributed by atoms with Gasteiger partial charge in [0.1, 0.15) is 5.82 Å². The maximum Gasteiger partial charge on any atom is 0.336 e. The van der Waals surface area contributed by atoms with Gasteiger partial charge in [0, 0.05) is 0 Å². The number of carboxylic acids is 2. The highest BCUT2D eigenvalue weighted by atomic mass is 19.1. The van der Waals surface area contributed by atoms with Crippen LogP contribution in [0.1, 0.15) is 46.7 Å². The van der Waals surface area contributed by atoms with Gasteiger partial charge in [0.2, 0.25) is 0 Å². The Morgan fingerprint density at radius 3 is 2.47 bits per heavy atom. The molecule has 0 radical (unpaired) electrons. The highest BCUT2D eigenvalue weighted by Gasteiger charge is 2.34. The molecule has 0 saturated heterocycles. The van der Waals surface area contributed by atoms with Crippen LogP contribution in [-0.2, 0) is 4.79 Å². The van der Waals surface area contributed by atoms with E-state index in [9.17, 15) is 14.0 Å². The largest absolute Gasteiger partial charge is 0.481 e. The van der Waals surface area contributed by atoms with E-state index in [0.29, 0.717) is 5.56 Å². The third-order valence-corrected chi connectivity index (χ3v) is 3.61. The van der Waals surface area contributed by atoms with Gasteiger partial charge < -0.3 is 10.2 Å². The molecule has 1 aliphatic rings. The van der Waals surface area contributed by atoms with Crippen molar-refractivity contribution in [3.8, 4) is 0 Å². The van der Waals surface area contributed by atoms with Crippen LogP contribution >= 0.6 is 0 Å². The van der Waals surface area contributed by atoms with Crippen LogP contribution in [0.2, 0.25) is 0 Å². The molecule has 2 N–H and O–H groups in total. The Hall–Kier alpha value is -1.91. The van der Waals surface area contributed by atoms with Crippen molar-refractivity contribution in [2.45, 2.75) is 32.1 Å². The number of hydrogen-bond acceptors (Lipinski definition) is 2. The Kier molecular flexibility index (Phi) is 3.55. The smallest absolute Gasteiger partial charge is 0.336 e. The van der Waals surface area contributed by atoms with Crippen molar-refractivity contribution < 1.29 is 24.2 Å². The van der Waals surface area contributed by atoms with Gasteiger partial charge in [-0.3, -0.25) is 4.79 Å². The van der Waals surface area contributed by atoms with Crippen LogP contribution in [0, 0.1) is 18.7 Å². The number of carboxylic acid groups (broad SMARTS) is 2. The number of benzene rings is 1. The van der Waals surface area contributed by atoms with Crippen LogP contribution in [0.5, 0.6) is 0 Å². The van der Waals surface area contributed by atoms with Crippen LogP contribution in [0.4, 0.5) is 4.39 Å². The standard InChI is InChI=1S/C14H15FO4/c1-7-10(14(18)19)4-9(5-12(7)15)11(6-13(16)17)8-2-3-8/h4-5,8,11H,2-3,6H2,1H3,(H,16,17)(H,18,19). The van der Waals surface area contributed by atoms with Crippen molar-refractivity contribution >= 4 is 11.9 Å². The fraction of sp³-hybridized carbons (Fsp3) is 0.429. The SMILES string of the molecule is Cc1c(F)cc(C(CC(=O)O)C2CC2)cc1C(=O)O. The highest BCUT2D eigenvalue weighted by Crippen LogP contribution is 2.45. The fourth-order valence-electron chi connectivity index (χ4n) is 2.38. The minimum atomic E-state index is -1.19. The quantitative estimate of drug-likeness (QED) is 0.859. The normalized spacial score (nSPS) is 16.1. The first kappa shape index (κ1) is 13.5. The summed E-state index contributed by atoms with van der Waals surface area (Å²) in [5.41, 5.74) is 0.470. The Balaban J connectivity index is 2.42. The molecule has 19 heavy (non-hydrogen) atoms. The first-order chi connectivity index (χ1) is 8.90. The van der Waals surface area contributed by atoms with Crippen LogP contribution in [0.25, 0.3) is 0 Å². The van der Waals surface area contributed by atoms with Crippen LogP contribution in [0.3, 0.4) is 0 Å². The zero-order valence-electron chi connectivity index (χ0n) is 10.5. The van der Waals surface area contributed by atoms with Crippen LogP contribution < -0.4 is 0 Å². The third-order valence-electron chi connectivity index (χ3n) is 3.61. The molecule has 1 aliphatic carbocycles. The van der Waals surface area contributed by atoms with E-state index in [0.717, 1.165) is 12.8 Å². The van der Waals surface area contributed by atoms with E-state index in [1.807, 2.05) is 0 Å². The predicted octanol–water partition coefficient (Wildman–Crippen LogP) is 2.80. The number of carbonyl (C=O) groups is 2. The average Bonchev–Trinajstić information content (AvgIpc) is 3.13. The lowest BCUT2D eigenvalue weighted by Crippen LogP contribution is -2.11. The second kappa shape index (κ2) is 4.99. The highest BCUT2D eigenvalue weighted by molar-refractivity contribution is 5.89. The summed E-state index contributed by atoms with van der Waals surface area (Å²) in [7, 11) is 0. The summed E-state index contributed by atoms with van der Waals surface area (Å²) in [6, 6.07) is 2.68. The van der Waals surface area contributed by atoms with E-state index >= 15 is 0 Å². The monoisotopic (exact) mass is 266 g/mol. The minimum Gasteiger partial charge on any atom is -0.481 e. The molecular formula is C14H15FO4. The van der Waals surface area contributed by atoms with E-state index < -0.39 is 17.8 Å². The molecule has 1 atom stereocenters. The molecule has 1 saturated carbocycles. The van der Waals surface area contributed by atoms with Crippen molar-refractivity contribution in [2.75, 3.05) is 0 Å². The van der Waals surface area contributed by atoms with E-state index in [1.165, 1.54) is 19.1 Å². The van der Waals surface area contributed by atoms with Crippen LogP contribution in [0.15, 0.2) is 12.1 Å². The first-order valence-corrected chi connectivity index (χ1v) is 6.15. The van der Waals surface area contributed by atoms with Crippen molar-refractivity contribution in [1.82, 2.24) is 0 Å². The number of rotatable bonds is 5. The molecule has 0 aliphatic heterocycles. The molecule has 5 heteroatoms. The Bertz CT molecular complexity index is 534. The summed E-state index contributed by atoms with van der Waals surface area (Å²) >= 11 is 0. The van der Waals surface area contributed by atoms with Gasteiger partial charge in [0.25, 0.3) is 0 Å². The van der Waals surface area contributed by atoms with Gasteiger partial charge in [-0.15, -0.1) is 0 Å². The molecule has 1 fully saturated rings. The molecule has 1 unspecified atom stereocenters. The summed E-state index contributed by atoms with van der Waals surface area (Å²) in [5.74, 6) is -2.81. The average molecular weight is 266 g/mol. The van der Waals surface area contributed by atoms with Crippen molar-refractivity contribution in [1.29, 1.82) is 0 Å². The van der Waals surface area contributed by atoms with E-state index in [1.54, 1.807) is 0 Å². The molecule has 102 valence electrons. The second-order valence-electron chi connectivity index (χ2n) is 5.02. The topological polar surface area (TPSA) is 74.6 Å². The molecule has 0 amide bonds. The number of hydrogen-bond donors (Lipinski definition) is 2. The van der Waals surface area contributed by atoms with E-state index in [2.05, 4.69) is 0 Å². The van der Waals surface area contributed by atoms with Gasteiger partial charge in [0.15, 0.2) is 0 Å². The van der Waals surface area contributed by atoms with Gasteiger partial charge in [-0.25, -0.2) is 9.18 Å². The molecule has 0 bridgehead atoms. The van der Waals surface area contributed by atoms with E-state index in [4.69, 9.17) is 10.2 Å². The molecule has 0 aromatic heterocycles. The number of halogens is 1. The lowest BCUT2D eigenvalue weighted by molar-refractivity contribution is -0.137. The summed E-state index contributed by atoms with van der Waals surface area (Å²) in [4.78, 5) is 21.9. The van der Waals surface area contributed by atoms with Crippen molar-refractivity contribution in [3.05, 3.63) is 34.6 Å². The maximum absolute atomic E-state index is 13.8. The molecule has 1 aromatic carbocycles. The predicted molar refractivity (Wildman–Crippen MR) is 65.8 cm³/mol. The van der Waals surface area contributed by atoms with Gasteiger partial charge in [0.05, 0.1) is 12.0 Å². The zero-order valence-corrected chi connectivity index (χ0v) is 10.5. The molecule has 0 spiro atoms. The molecule has 1 aromatic rings. The summed E-state index contributed by atoms with van der Waals surface area (Å²) in [6.07, 6.45) is 1.73. The lowest BCUT2D eigenvalue weighted by atomic mass is 9.88. The zero-order chi connectivity index (χ0) is 14.2. The maximum atomic E-state index is 13.8. The van der Waals surface area contributed by atoms with Crippen LogP contribution in [-0.4, -0.2) is 22.2 Å². The summed E-state index contributed by atoms with van der Waals surface area (Å²) < 4.78 is 13.8. The van der Waals surface area contributed by atoms with Gasteiger partial charge in [-0.05, 0) is 54.9 Å². The third kappa shape index (κ3) is 2.92. The van der Waals surface area contributed by atoms with Gasteiger partial charge >= 0.3 is 11.9 Å². The molecular weight excluding hydrogens is 251 g/mol. The first-order valence-electron chi connectivity index (χ1n) is 6.15. The Morgan fingerprint density at radius 1 is 1.37 bits per heavy atom. The van der Waals surface area contributed by atoms with E-state index in [-0.39, 0.29) is 29.4 Å². The van der Waals surface area contributed by atoms with Crippen molar-refractivity contribution in [2.24, 2.45) is 5.92 Å². The van der Waals surface area contributed by atoms with Gasteiger partial charge in [-0.2, -0.15) is 0 Å². The second-order valence-corrected chi connectivity index (χ2v) is 5.02. The number of aliphatic carboxylic acids is 1. The lowest BCUT2D eigenvalue weighted by Gasteiger charge is -2.16. The Labute approximate surface area is 109 Å². The number of aromatic carboxylic acids is 1. The summed E-state index contributed by atoms with van der Waals surface area (Å²) in [6.45, 7) is 1.41. The Morgan fingerprint density at radius 2 is 2.00 bits per heavy atom.